The van der Waals surface area contributed by atoms with E-state index in [2.05, 4.69) is 36.5 Å². The Morgan fingerprint density at radius 3 is 2.65 bits per heavy atom. The molecule has 0 spiro atoms. The van der Waals surface area contributed by atoms with Crippen molar-refractivity contribution < 1.29 is 5.11 Å². The fraction of sp³-hybridized carbons (Fsp3) is 0.667. The van der Waals surface area contributed by atoms with Gasteiger partial charge in [-0.25, -0.2) is 0 Å². The molecule has 2 rings (SSSR count). The van der Waals surface area contributed by atoms with Crippen LogP contribution in [0.1, 0.15) is 51.0 Å². The van der Waals surface area contributed by atoms with Crippen LogP contribution in [0.4, 0.5) is 0 Å². The topological polar surface area (TPSA) is 32.3 Å². The molecule has 0 aliphatic heterocycles. The van der Waals surface area contributed by atoms with Gasteiger partial charge < -0.3 is 10.4 Å². The molecule has 2 heteroatoms. The highest BCUT2D eigenvalue weighted by atomic mass is 16.3. The van der Waals surface area contributed by atoms with E-state index < -0.39 is 0 Å². The normalized spacial score (nSPS) is 25.1. The predicted octanol–water partition coefficient (Wildman–Crippen LogP) is 3.54. The van der Waals surface area contributed by atoms with Gasteiger partial charge in [-0.05, 0) is 37.2 Å². The van der Waals surface area contributed by atoms with Gasteiger partial charge in [0, 0.05) is 12.1 Å². The maximum atomic E-state index is 9.62. The van der Waals surface area contributed by atoms with Crippen molar-refractivity contribution in [2.24, 2.45) is 5.92 Å². The minimum Gasteiger partial charge on any atom is -0.395 e. The van der Waals surface area contributed by atoms with E-state index in [-0.39, 0.29) is 12.6 Å². The first-order valence-electron chi connectivity index (χ1n) is 8.22. The summed E-state index contributed by atoms with van der Waals surface area (Å²) in [6.45, 7) is 2.53. The van der Waals surface area contributed by atoms with Crippen LogP contribution in [0.5, 0.6) is 0 Å². The fourth-order valence-electron chi connectivity index (χ4n) is 3.36. The molecule has 0 radical (unpaired) electrons. The molecule has 20 heavy (non-hydrogen) atoms. The summed E-state index contributed by atoms with van der Waals surface area (Å²) >= 11 is 0. The van der Waals surface area contributed by atoms with Gasteiger partial charge in [0.2, 0.25) is 0 Å². The summed E-state index contributed by atoms with van der Waals surface area (Å²) in [5.74, 6) is 0.920. The summed E-state index contributed by atoms with van der Waals surface area (Å²) < 4.78 is 0. The maximum absolute atomic E-state index is 9.62. The Kier molecular flexibility index (Phi) is 6.55. The van der Waals surface area contributed by atoms with Gasteiger partial charge in [-0.1, -0.05) is 56.5 Å². The SMILES string of the molecule is CCC1CCCC(N[C@H](CO)Cc2ccccc2)CC1. The average molecular weight is 275 g/mol. The molecule has 112 valence electrons. The second kappa shape index (κ2) is 8.43. The van der Waals surface area contributed by atoms with Crippen molar-refractivity contribution >= 4 is 0 Å². The van der Waals surface area contributed by atoms with Gasteiger partial charge in [0.15, 0.2) is 0 Å². The third kappa shape index (κ3) is 4.92. The maximum Gasteiger partial charge on any atom is 0.0587 e. The number of nitrogens with one attached hydrogen (secondary N) is 1. The van der Waals surface area contributed by atoms with Gasteiger partial charge in [0.1, 0.15) is 0 Å². The molecule has 0 amide bonds. The molecule has 3 atom stereocenters. The van der Waals surface area contributed by atoms with Crippen molar-refractivity contribution in [3.63, 3.8) is 0 Å². The van der Waals surface area contributed by atoms with Crippen LogP contribution in [0.25, 0.3) is 0 Å². The first kappa shape index (κ1) is 15.5. The zero-order chi connectivity index (χ0) is 14.2. The lowest BCUT2D eigenvalue weighted by atomic mass is 9.97. The molecule has 2 unspecified atom stereocenters. The molecular formula is C18H29NO. The Labute approximate surface area is 123 Å². The van der Waals surface area contributed by atoms with Gasteiger partial charge in [-0.15, -0.1) is 0 Å². The van der Waals surface area contributed by atoms with Crippen LogP contribution in [0.3, 0.4) is 0 Å². The molecule has 2 nitrogen and oxygen atoms in total. The summed E-state index contributed by atoms with van der Waals surface area (Å²) in [7, 11) is 0. The number of hydrogen-bond donors (Lipinski definition) is 2. The Morgan fingerprint density at radius 1 is 1.15 bits per heavy atom. The molecule has 0 saturated heterocycles. The third-order valence-corrected chi connectivity index (χ3v) is 4.68. The van der Waals surface area contributed by atoms with Gasteiger partial charge in [-0.2, -0.15) is 0 Å². The third-order valence-electron chi connectivity index (χ3n) is 4.68. The van der Waals surface area contributed by atoms with Crippen molar-refractivity contribution in [2.75, 3.05) is 6.61 Å². The van der Waals surface area contributed by atoms with Crippen LogP contribution < -0.4 is 5.32 Å². The van der Waals surface area contributed by atoms with E-state index in [4.69, 9.17) is 0 Å². The van der Waals surface area contributed by atoms with E-state index >= 15 is 0 Å². The lowest BCUT2D eigenvalue weighted by Crippen LogP contribution is -2.41. The Bertz CT molecular complexity index is 365. The summed E-state index contributed by atoms with van der Waals surface area (Å²) in [4.78, 5) is 0. The zero-order valence-electron chi connectivity index (χ0n) is 12.7. The van der Waals surface area contributed by atoms with Gasteiger partial charge in [0.05, 0.1) is 6.61 Å². The first-order chi connectivity index (χ1) is 9.81. The number of rotatable bonds is 6. The largest absolute Gasteiger partial charge is 0.395 e. The Hall–Kier alpha value is -0.860. The van der Waals surface area contributed by atoms with E-state index in [1.165, 1.54) is 44.1 Å². The van der Waals surface area contributed by atoms with Crippen molar-refractivity contribution in [2.45, 2.75) is 64.0 Å². The van der Waals surface area contributed by atoms with Crippen molar-refractivity contribution in [1.82, 2.24) is 5.32 Å². The Balaban J connectivity index is 1.83. The van der Waals surface area contributed by atoms with E-state index in [9.17, 15) is 5.11 Å². The van der Waals surface area contributed by atoms with Crippen molar-refractivity contribution in [3.8, 4) is 0 Å². The van der Waals surface area contributed by atoms with E-state index in [0.717, 1.165) is 12.3 Å². The Morgan fingerprint density at radius 2 is 1.95 bits per heavy atom. The molecule has 0 bridgehead atoms. The molecule has 0 aromatic heterocycles. The van der Waals surface area contributed by atoms with Gasteiger partial charge >= 0.3 is 0 Å². The lowest BCUT2D eigenvalue weighted by Gasteiger charge is -2.24. The second-order valence-corrected chi connectivity index (χ2v) is 6.22. The van der Waals surface area contributed by atoms with Crippen molar-refractivity contribution in [3.05, 3.63) is 35.9 Å². The predicted molar refractivity (Wildman–Crippen MR) is 84.8 cm³/mol. The molecule has 1 aromatic carbocycles. The van der Waals surface area contributed by atoms with Crippen LogP contribution in [0, 0.1) is 5.92 Å². The molecule has 1 aromatic rings. The quantitative estimate of drug-likeness (QED) is 0.778. The van der Waals surface area contributed by atoms with Crippen LogP contribution in [0.15, 0.2) is 30.3 Å². The molecule has 2 N–H and O–H groups in total. The highest BCUT2D eigenvalue weighted by Crippen LogP contribution is 2.25. The minimum atomic E-state index is 0.195. The van der Waals surface area contributed by atoms with E-state index in [1.807, 2.05) is 6.07 Å². The van der Waals surface area contributed by atoms with Crippen molar-refractivity contribution in [1.29, 1.82) is 0 Å². The lowest BCUT2D eigenvalue weighted by molar-refractivity contribution is 0.225. The zero-order valence-corrected chi connectivity index (χ0v) is 12.7. The summed E-state index contributed by atoms with van der Waals surface area (Å²) in [6, 6.07) is 11.3. The van der Waals surface area contributed by atoms with Gasteiger partial charge in [-0.3, -0.25) is 0 Å². The van der Waals surface area contributed by atoms with E-state index in [0.29, 0.717) is 6.04 Å². The van der Waals surface area contributed by atoms with Crippen LogP contribution in [0.2, 0.25) is 0 Å². The molecular weight excluding hydrogens is 246 g/mol. The fourth-order valence-corrected chi connectivity index (χ4v) is 3.36. The highest BCUT2D eigenvalue weighted by molar-refractivity contribution is 5.16. The summed E-state index contributed by atoms with van der Waals surface area (Å²) in [6.07, 6.45) is 8.84. The average Bonchev–Trinajstić information content (AvgIpc) is 2.72. The number of benzene rings is 1. The highest BCUT2D eigenvalue weighted by Gasteiger charge is 2.20. The molecule has 1 fully saturated rings. The van der Waals surface area contributed by atoms with Gasteiger partial charge in [0.25, 0.3) is 0 Å². The minimum absolute atomic E-state index is 0.195. The number of aliphatic hydroxyl groups is 1. The standard InChI is InChI=1S/C18H29NO/c1-2-15-9-6-10-17(12-11-15)19-18(14-20)13-16-7-4-3-5-8-16/h3-5,7-8,15,17-20H,2,6,9-14H2,1H3/t15?,17?,18-/m0/s1. The molecule has 0 heterocycles. The molecule has 1 saturated carbocycles. The second-order valence-electron chi connectivity index (χ2n) is 6.22. The molecule has 1 aliphatic carbocycles. The van der Waals surface area contributed by atoms with Crippen LogP contribution >= 0.6 is 0 Å². The van der Waals surface area contributed by atoms with Crippen LogP contribution in [-0.4, -0.2) is 23.8 Å². The summed E-state index contributed by atoms with van der Waals surface area (Å²) in [5.41, 5.74) is 1.30. The smallest absolute Gasteiger partial charge is 0.0587 e. The number of hydrogen-bond acceptors (Lipinski definition) is 2. The number of aliphatic hydroxyl groups excluding tert-OH is 1. The van der Waals surface area contributed by atoms with E-state index in [1.54, 1.807) is 0 Å². The summed E-state index contributed by atoms with van der Waals surface area (Å²) in [5, 5.41) is 13.3. The first-order valence-corrected chi connectivity index (χ1v) is 8.22. The van der Waals surface area contributed by atoms with Crippen LogP contribution in [-0.2, 0) is 6.42 Å². The monoisotopic (exact) mass is 275 g/mol. The molecule has 1 aliphatic rings.